The van der Waals surface area contributed by atoms with Gasteiger partial charge >= 0.3 is 0 Å². The zero-order valence-electron chi connectivity index (χ0n) is 18.4. The van der Waals surface area contributed by atoms with Crippen LogP contribution >= 0.6 is 0 Å². The Labute approximate surface area is 193 Å². The van der Waals surface area contributed by atoms with Gasteiger partial charge in [-0.1, -0.05) is 11.6 Å². The minimum atomic E-state index is -0.948. The Bertz CT molecular complexity index is 1410. The van der Waals surface area contributed by atoms with Gasteiger partial charge < -0.3 is 9.80 Å². The second-order valence-corrected chi connectivity index (χ2v) is 8.94. The first-order valence-corrected chi connectivity index (χ1v) is 11.1. The van der Waals surface area contributed by atoms with E-state index in [9.17, 15) is 13.6 Å². The number of amides is 1. The molecule has 6 rings (SSSR count). The van der Waals surface area contributed by atoms with Gasteiger partial charge in [0.15, 0.2) is 11.6 Å². The molecule has 8 nitrogen and oxygen atoms in total. The van der Waals surface area contributed by atoms with E-state index in [1.165, 1.54) is 4.80 Å². The lowest BCUT2D eigenvalue weighted by Gasteiger charge is -2.33. The van der Waals surface area contributed by atoms with Crippen LogP contribution < -0.4 is 4.90 Å². The van der Waals surface area contributed by atoms with Crippen LogP contribution in [0.2, 0.25) is 0 Å². The fraction of sp³-hybridized carbons (Fsp3) is 0.292. The number of aromatic nitrogens is 5. The van der Waals surface area contributed by atoms with E-state index in [-0.39, 0.29) is 17.9 Å². The van der Waals surface area contributed by atoms with E-state index in [2.05, 4.69) is 25.1 Å². The van der Waals surface area contributed by atoms with Gasteiger partial charge in [-0.05, 0) is 31.4 Å². The van der Waals surface area contributed by atoms with Crippen LogP contribution in [-0.2, 0) is 0 Å². The van der Waals surface area contributed by atoms with Crippen molar-refractivity contribution in [3.05, 3.63) is 71.7 Å². The summed E-state index contributed by atoms with van der Waals surface area (Å²) in [5, 5.41) is 8.39. The fourth-order valence-electron chi connectivity index (χ4n) is 5.05. The minimum absolute atomic E-state index is 0.0605. The third-order valence-corrected chi connectivity index (χ3v) is 6.58. The van der Waals surface area contributed by atoms with E-state index in [1.54, 1.807) is 18.6 Å². The molecule has 2 aliphatic rings. The van der Waals surface area contributed by atoms with E-state index < -0.39 is 11.6 Å². The summed E-state index contributed by atoms with van der Waals surface area (Å²) in [5.74, 6) is -1.06. The van der Waals surface area contributed by atoms with Gasteiger partial charge in [-0.3, -0.25) is 9.78 Å². The van der Waals surface area contributed by atoms with Crippen LogP contribution in [-0.4, -0.2) is 61.4 Å². The number of carbonyl (C=O) groups excluding carboxylic acids is 1. The molecule has 4 heterocycles. The lowest BCUT2D eigenvalue weighted by Crippen LogP contribution is -2.45. The molecule has 2 fully saturated rings. The molecule has 2 atom stereocenters. The molecule has 10 heteroatoms. The number of aryl methyl sites for hydroxylation is 1. The highest BCUT2D eigenvalue weighted by molar-refractivity contribution is 5.98. The summed E-state index contributed by atoms with van der Waals surface area (Å²) in [7, 11) is 0. The van der Waals surface area contributed by atoms with Crippen molar-refractivity contribution in [1.82, 2.24) is 29.9 Å². The third kappa shape index (κ3) is 3.46. The molecule has 2 unspecified atom stereocenters. The molecular weight excluding hydrogens is 440 g/mol. The first-order valence-electron chi connectivity index (χ1n) is 11.1. The Morgan fingerprint density at radius 2 is 1.76 bits per heavy atom. The topological polar surface area (TPSA) is 80.0 Å². The van der Waals surface area contributed by atoms with Crippen LogP contribution in [0.1, 0.15) is 22.3 Å². The molecule has 2 saturated heterocycles. The number of benzene rings is 2. The molecule has 1 amide bonds. The van der Waals surface area contributed by atoms with Crippen molar-refractivity contribution >= 4 is 22.8 Å². The van der Waals surface area contributed by atoms with Crippen molar-refractivity contribution in [1.29, 1.82) is 0 Å². The molecule has 0 aliphatic carbocycles. The number of rotatable bonds is 3. The van der Waals surface area contributed by atoms with Crippen LogP contribution in [0.25, 0.3) is 16.7 Å². The SMILES string of the molecule is Cc1ccc(-n2nccn2)c(C(=O)N2CC3CC(C2)N(c2cnc4cc(F)c(F)cc4n2)C3)c1. The quantitative estimate of drug-likeness (QED) is 0.466. The molecular formula is C24H21F2N7O. The Morgan fingerprint density at radius 1 is 1.00 bits per heavy atom. The highest BCUT2D eigenvalue weighted by Crippen LogP contribution is 2.34. The average molecular weight is 461 g/mol. The van der Waals surface area contributed by atoms with E-state index in [4.69, 9.17) is 0 Å². The molecule has 2 aromatic carbocycles. The van der Waals surface area contributed by atoms with Crippen molar-refractivity contribution in [3.8, 4) is 5.69 Å². The van der Waals surface area contributed by atoms with Crippen LogP contribution in [0, 0.1) is 24.5 Å². The smallest absolute Gasteiger partial charge is 0.256 e. The summed E-state index contributed by atoms with van der Waals surface area (Å²) in [6, 6.07) is 7.86. The molecule has 2 bridgehead atoms. The Kier molecular flexibility index (Phi) is 4.75. The molecule has 172 valence electrons. The van der Waals surface area contributed by atoms with Crippen LogP contribution in [0.5, 0.6) is 0 Å². The van der Waals surface area contributed by atoms with Gasteiger partial charge in [0, 0.05) is 37.8 Å². The molecule has 0 N–H and O–H groups in total. The van der Waals surface area contributed by atoms with Crippen LogP contribution in [0.15, 0.2) is 48.9 Å². The average Bonchev–Trinajstić information content (AvgIpc) is 3.46. The lowest BCUT2D eigenvalue weighted by atomic mass is 9.98. The maximum Gasteiger partial charge on any atom is 0.256 e. The summed E-state index contributed by atoms with van der Waals surface area (Å²) in [4.78, 5) is 27.9. The van der Waals surface area contributed by atoms with Gasteiger partial charge in [0.25, 0.3) is 5.91 Å². The zero-order valence-corrected chi connectivity index (χ0v) is 18.4. The molecule has 0 saturated carbocycles. The maximum atomic E-state index is 13.7. The predicted molar refractivity (Wildman–Crippen MR) is 121 cm³/mol. The highest BCUT2D eigenvalue weighted by atomic mass is 19.2. The molecule has 0 spiro atoms. The Hall–Kier alpha value is -3.95. The Balaban J connectivity index is 1.28. The van der Waals surface area contributed by atoms with E-state index in [1.807, 2.05) is 30.0 Å². The second kappa shape index (κ2) is 7.82. The van der Waals surface area contributed by atoms with Crippen molar-refractivity contribution in [3.63, 3.8) is 0 Å². The summed E-state index contributed by atoms with van der Waals surface area (Å²) in [5.41, 5.74) is 2.80. The molecule has 2 aliphatic heterocycles. The standard InChI is InChI=1S/C24H21F2N7O/c1-14-2-3-22(33-28-4-5-29-33)17(6-14)24(34)31-11-15-7-16(13-31)32(12-15)23-10-27-20-8-18(25)19(26)9-21(20)30-23/h2-6,8-10,15-16H,7,11-13H2,1H3. The predicted octanol–water partition coefficient (Wildman–Crippen LogP) is 3.15. The van der Waals surface area contributed by atoms with Crippen molar-refractivity contribution in [2.75, 3.05) is 24.5 Å². The number of hydrogen-bond donors (Lipinski definition) is 0. The largest absolute Gasteiger partial charge is 0.350 e. The number of likely N-dealkylation sites (tertiary alicyclic amines) is 1. The van der Waals surface area contributed by atoms with Gasteiger partial charge in [-0.15, -0.1) is 0 Å². The van der Waals surface area contributed by atoms with Gasteiger partial charge in [0.05, 0.1) is 40.9 Å². The maximum absolute atomic E-state index is 13.7. The van der Waals surface area contributed by atoms with Gasteiger partial charge in [0.1, 0.15) is 5.82 Å². The first-order chi connectivity index (χ1) is 16.5. The van der Waals surface area contributed by atoms with E-state index in [0.717, 1.165) is 30.7 Å². The normalized spacial score (nSPS) is 19.7. The van der Waals surface area contributed by atoms with E-state index in [0.29, 0.717) is 41.2 Å². The number of nitrogens with zero attached hydrogens (tertiary/aromatic N) is 7. The van der Waals surface area contributed by atoms with Crippen LogP contribution in [0.4, 0.5) is 14.6 Å². The van der Waals surface area contributed by atoms with Crippen molar-refractivity contribution in [2.45, 2.75) is 19.4 Å². The second-order valence-electron chi connectivity index (χ2n) is 8.94. The highest BCUT2D eigenvalue weighted by Gasteiger charge is 2.41. The number of piperidine rings is 1. The molecule has 2 aromatic heterocycles. The van der Waals surface area contributed by atoms with Gasteiger partial charge in [0.2, 0.25) is 0 Å². The summed E-state index contributed by atoms with van der Waals surface area (Å²) >= 11 is 0. The summed E-state index contributed by atoms with van der Waals surface area (Å²) < 4.78 is 27.3. The number of fused-ring (bicyclic) bond motifs is 3. The number of hydrogen-bond acceptors (Lipinski definition) is 6. The monoisotopic (exact) mass is 461 g/mol. The number of carbonyl (C=O) groups is 1. The minimum Gasteiger partial charge on any atom is -0.350 e. The third-order valence-electron chi connectivity index (χ3n) is 6.58. The Morgan fingerprint density at radius 3 is 2.56 bits per heavy atom. The van der Waals surface area contributed by atoms with Gasteiger partial charge in [-0.25, -0.2) is 13.8 Å². The van der Waals surface area contributed by atoms with E-state index >= 15 is 0 Å². The summed E-state index contributed by atoms with van der Waals surface area (Å²) in [6.45, 7) is 3.84. The number of anilines is 1. The summed E-state index contributed by atoms with van der Waals surface area (Å²) in [6.07, 6.45) is 5.69. The fourth-order valence-corrected chi connectivity index (χ4v) is 5.05. The first kappa shape index (κ1) is 20.6. The number of halogens is 2. The lowest BCUT2D eigenvalue weighted by molar-refractivity contribution is 0.0694. The van der Waals surface area contributed by atoms with Crippen molar-refractivity contribution in [2.24, 2.45) is 5.92 Å². The van der Waals surface area contributed by atoms with Crippen LogP contribution in [0.3, 0.4) is 0 Å². The zero-order chi connectivity index (χ0) is 23.4. The molecule has 4 aromatic rings. The van der Waals surface area contributed by atoms with Gasteiger partial charge in [-0.2, -0.15) is 15.0 Å². The molecule has 34 heavy (non-hydrogen) atoms. The molecule has 0 radical (unpaired) electrons. The van der Waals surface area contributed by atoms with Crippen molar-refractivity contribution < 1.29 is 13.6 Å².